The number of hydrogen-bond acceptors (Lipinski definition) is 2. The number of benzene rings is 1. The molecule has 2 heteroatoms. The topological polar surface area (TPSA) is 32.3 Å². The molecule has 1 aromatic carbocycles. The van der Waals surface area contributed by atoms with Gasteiger partial charge in [-0.1, -0.05) is 45.0 Å². The summed E-state index contributed by atoms with van der Waals surface area (Å²) in [5.74, 6) is 0.375. The lowest BCUT2D eigenvalue weighted by Crippen LogP contribution is -2.49. The van der Waals surface area contributed by atoms with Gasteiger partial charge in [0.1, 0.15) is 0 Å². The van der Waals surface area contributed by atoms with Crippen molar-refractivity contribution in [2.75, 3.05) is 0 Å². The third kappa shape index (κ3) is 4.96. The minimum atomic E-state index is -0.467. The molecule has 0 heterocycles. The zero-order chi connectivity index (χ0) is 14.6. The van der Waals surface area contributed by atoms with Gasteiger partial charge in [-0.05, 0) is 44.2 Å². The Bertz CT molecular complexity index is 375. The van der Waals surface area contributed by atoms with Crippen molar-refractivity contribution in [2.24, 2.45) is 5.92 Å². The Morgan fingerprint density at radius 3 is 2.00 bits per heavy atom. The average Bonchev–Trinajstić information content (AvgIpc) is 2.34. The molecule has 0 saturated carbocycles. The first-order chi connectivity index (χ1) is 8.74. The van der Waals surface area contributed by atoms with E-state index in [-0.39, 0.29) is 11.6 Å². The van der Waals surface area contributed by atoms with Crippen molar-refractivity contribution >= 4 is 0 Å². The molecule has 2 atom stereocenters. The van der Waals surface area contributed by atoms with E-state index < -0.39 is 6.10 Å². The van der Waals surface area contributed by atoms with Gasteiger partial charge in [0.25, 0.3) is 0 Å². The average molecular weight is 263 g/mol. The van der Waals surface area contributed by atoms with E-state index in [0.29, 0.717) is 5.92 Å². The lowest BCUT2D eigenvalue weighted by molar-refractivity contribution is 0.0893. The summed E-state index contributed by atoms with van der Waals surface area (Å²) in [5, 5.41) is 14.1. The minimum Gasteiger partial charge on any atom is -0.387 e. The van der Waals surface area contributed by atoms with Gasteiger partial charge in [0.05, 0.1) is 6.10 Å². The molecule has 2 nitrogen and oxygen atoms in total. The second-order valence-corrected chi connectivity index (χ2v) is 6.70. The van der Waals surface area contributed by atoms with E-state index in [1.54, 1.807) is 0 Å². The lowest BCUT2D eigenvalue weighted by atomic mass is 9.90. The molecule has 0 aromatic heterocycles. The van der Waals surface area contributed by atoms with E-state index in [1.165, 1.54) is 5.56 Å². The fourth-order valence-corrected chi connectivity index (χ4v) is 2.27. The zero-order valence-electron chi connectivity index (χ0n) is 13.2. The van der Waals surface area contributed by atoms with Crippen molar-refractivity contribution in [3.63, 3.8) is 0 Å². The molecule has 2 unspecified atom stereocenters. The molecule has 1 aromatic rings. The summed E-state index contributed by atoms with van der Waals surface area (Å²) in [4.78, 5) is 0. The number of nitrogens with one attached hydrogen (secondary N) is 1. The smallest absolute Gasteiger partial charge is 0.0945 e. The van der Waals surface area contributed by atoms with Crippen LogP contribution in [0.4, 0.5) is 0 Å². The van der Waals surface area contributed by atoms with Crippen LogP contribution in [0.25, 0.3) is 0 Å². The fourth-order valence-electron chi connectivity index (χ4n) is 2.27. The first-order valence-corrected chi connectivity index (χ1v) is 7.29. The molecular formula is C17H29NO. The van der Waals surface area contributed by atoms with Crippen molar-refractivity contribution in [3.8, 4) is 0 Å². The van der Waals surface area contributed by atoms with Crippen LogP contribution in [0.1, 0.15) is 58.8 Å². The molecule has 108 valence electrons. The molecule has 0 spiro atoms. The van der Waals surface area contributed by atoms with Gasteiger partial charge in [-0.3, -0.25) is 0 Å². The molecular weight excluding hydrogens is 234 g/mol. The predicted molar refractivity (Wildman–Crippen MR) is 82.3 cm³/mol. The minimum absolute atomic E-state index is 0.000718. The molecule has 0 aliphatic heterocycles. The lowest BCUT2D eigenvalue weighted by Gasteiger charge is -2.34. The van der Waals surface area contributed by atoms with E-state index in [2.05, 4.69) is 59.0 Å². The third-order valence-corrected chi connectivity index (χ3v) is 3.39. The van der Waals surface area contributed by atoms with E-state index in [4.69, 9.17) is 0 Å². The SMILES string of the molecule is CCc1ccc(C(O)C(NC(C)(C)C)C(C)C)cc1. The predicted octanol–water partition coefficient (Wildman–Crippen LogP) is 3.70. The van der Waals surface area contributed by atoms with Crippen molar-refractivity contribution in [2.45, 2.75) is 65.6 Å². The maximum absolute atomic E-state index is 10.6. The largest absolute Gasteiger partial charge is 0.387 e. The summed E-state index contributed by atoms with van der Waals surface area (Å²) >= 11 is 0. The first-order valence-electron chi connectivity index (χ1n) is 7.29. The van der Waals surface area contributed by atoms with Crippen LogP contribution in [0.5, 0.6) is 0 Å². The molecule has 2 N–H and O–H groups in total. The zero-order valence-corrected chi connectivity index (χ0v) is 13.2. The molecule has 0 aliphatic rings. The van der Waals surface area contributed by atoms with Crippen LogP contribution in [0, 0.1) is 5.92 Å². The monoisotopic (exact) mass is 263 g/mol. The second-order valence-electron chi connectivity index (χ2n) is 6.70. The van der Waals surface area contributed by atoms with E-state index in [9.17, 15) is 5.11 Å². The highest BCUT2D eigenvalue weighted by Crippen LogP contribution is 2.24. The van der Waals surface area contributed by atoms with Crippen molar-refractivity contribution in [1.29, 1.82) is 0 Å². The standard InChI is InChI=1S/C17H29NO/c1-7-13-8-10-14(11-9-13)16(19)15(12(2)3)18-17(4,5)6/h8-12,15-16,18-19H,7H2,1-6H3. The highest BCUT2D eigenvalue weighted by Gasteiger charge is 2.27. The molecule has 0 bridgehead atoms. The van der Waals surface area contributed by atoms with Gasteiger partial charge < -0.3 is 10.4 Å². The summed E-state index contributed by atoms with van der Waals surface area (Å²) in [6.45, 7) is 12.8. The van der Waals surface area contributed by atoms with Crippen LogP contribution in [0.3, 0.4) is 0 Å². The Labute approximate surface area is 118 Å². The molecule has 19 heavy (non-hydrogen) atoms. The molecule has 0 aliphatic carbocycles. The van der Waals surface area contributed by atoms with Gasteiger partial charge in [0, 0.05) is 11.6 Å². The quantitative estimate of drug-likeness (QED) is 0.849. The molecule has 0 amide bonds. The van der Waals surface area contributed by atoms with Crippen LogP contribution in [0.2, 0.25) is 0 Å². The van der Waals surface area contributed by atoms with Crippen LogP contribution >= 0.6 is 0 Å². The summed E-state index contributed by atoms with van der Waals surface area (Å²) < 4.78 is 0. The third-order valence-electron chi connectivity index (χ3n) is 3.39. The molecule has 1 rings (SSSR count). The van der Waals surface area contributed by atoms with Gasteiger partial charge in [0.15, 0.2) is 0 Å². The number of aryl methyl sites for hydroxylation is 1. The Hall–Kier alpha value is -0.860. The molecule has 0 saturated heterocycles. The van der Waals surface area contributed by atoms with E-state index in [1.807, 2.05) is 12.1 Å². The van der Waals surface area contributed by atoms with E-state index in [0.717, 1.165) is 12.0 Å². The van der Waals surface area contributed by atoms with Crippen LogP contribution in [0.15, 0.2) is 24.3 Å². The summed E-state index contributed by atoms with van der Waals surface area (Å²) in [6.07, 6.45) is 0.564. The van der Waals surface area contributed by atoms with Gasteiger partial charge in [-0.15, -0.1) is 0 Å². The normalized spacial score (nSPS) is 15.6. The highest BCUT2D eigenvalue weighted by atomic mass is 16.3. The Kier molecular flexibility index (Phi) is 5.57. The summed E-state index contributed by atoms with van der Waals surface area (Å²) in [6, 6.07) is 8.36. The summed E-state index contributed by atoms with van der Waals surface area (Å²) in [7, 11) is 0. The highest BCUT2D eigenvalue weighted by molar-refractivity contribution is 5.25. The Morgan fingerprint density at radius 1 is 1.11 bits per heavy atom. The number of aliphatic hydroxyl groups is 1. The summed E-state index contributed by atoms with van der Waals surface area (Å²) in [5.41, 5.74) is 2.30. The number of rotatable bonds is 5. The molecule has 0 radical (unpaired) electrons. The van der Waals surface area contributed by atoms with Gasteiger partial charge in [-0.25, -0.2) is 0 Å². The first kappa shape index (κ1) is 16.2. The van der Waals surface area contributed by atoms with Crippen molar-refractivity contribution in [3.05, 3.63) is 35.4 Å². The molecule has 0 fully saturated rings. The Balaban J connectivity index is 2.89. The number of aliphatic hydroxyl groups excluding tert-OH is 1. The van der Waals surface area contributed by atoms with Gasteiger partial charge >= 0.3 is 0 Å². The maximum Gasteiger partial charge on any atom is 0.0945 e. The van der Waals surface area contributed by atoms with Crippen molar-refractivity contribution < 1.29 is 5.11 Å². The van der Waals surface area contributed by atoms with Gasteiger partial charge in [0.2, 0.25) is 0 Å². The van der Waals surface area contributed by atoms with Gasteiger partial charge in [-0.2, -0.15) is 0 Å². The van der Waals surface area contributed by atoms with Crippen molar-refractivity contribution in [1.82, 2.24) is 5.32 Å². The van der Waals surface area contributed by atoms with Crippen LogP contribution < -0.4 is 5.32 Å². The Morgan fingerprint density at radius 2 is 1.63 bits per heavy atom. The fraction of sp³-hybridized carbons (Fsp3) is 0.647. The van der Waals surface area contributed by atoms with E-state index >= 15 is 0 Å². The second kappa shape index (κ2) is 6.53. The van der Waals surface area contributed by atoms with Crippen LogP contribution in [-0.2, 0) is 6.42 Å². The number of hydrogen-bond donors (Lipinski definition) is 2. The maximum atomic E-state index is 10.6. The van der Waals surface area contributed by atoms with Crippen LogP contribution in [-0.4, -0.2) is 16.7 Å².